The molecule has 1 aromatic heterocycles. The molecule has 0 bridgehead atoms. The first-order chi connectivity index (χ1) is 9.74. The minimum absolute atomic E-state index is 0.146. The highest BCUT2D eigenvalue weighted by Crippen LogP contribution is 2.25. The number of aromatic nitrogens is 1. The predicted octanol–water partition coefficient (Wildman–Crippen LogP) is 3.78. The van der Waals surface area contributed by atoms with E-state index in [4.69, 9.17) is 4.74 Å². The fourth-order valence-electron chi connectivity index (χ4n) is 2.11. The van der Waals surface area contributed by atoms with E-state index in [1.807, 2.05) is 12.3 Å². The van der Waals surface area contributed by atoms with Gasteiger partial charge in [0, 0.05) is 9.77 Å². The standard InChI is InChI=1S/C16H19IN2O/c1-3-7-19-16(12-5-4-6-14(17)8-12)13-9-15(20-2)11-18-10-13/h4-6,8-11,16,19H,3,7H2,1-2H3. The average molecular weight is 382 g/mol. The van der Waals surface area contributed by atoms with Crippen LogP contribution in [0.5, 0.6) is 5.75 Å². The van der Waals surface area contributed by atoms with Gasteiger partial charge in [0.25, 0.3) is 0 Å². The predicted molar refractivity (Wildman–Crippen MR) is 90.1 cm³/mol. The maximum Gasteiger partial charge on any atom is 0.137 e. The highest BCUT2D eigenvalue weighted by molar-refractivity contribution is 14.1. The van der Waals surface area contributed by atoms with Crippen LogP contribution < -0.4 is 10.1 Å². The number of pyridine rings is 1. The lowest BCUT2D eigenvalue weighted by Gasteiger charge is -2.20. The molecule has 1 heterocycles. The molecule has 0 fully saturated rings. The summed E-state index contributed by atoms with van der Waals surface area (Å²) in [6.07, 6.45) is 4.72. The van der Waals surface area contributed by atoms with E-state index < -0.39 is 0 Å². The van der Waals surface area contributed by atoms with Gasteiger partial charge in [-0.1, -0.05) is 19.1 Å². The van der Waals surface area contributed by atoms with E-state index in [0.29, 0.717) is 0 Å². The van der Waals surface area contributed by atoms with E-state index in [0.717, 1.165) is 24.3 Å². The largest absolute Gasteiger partial charge is 0.495 e. The van der Waals surface area contributed by atoms with Crippen LogP contribution in [0.15, 0.2) is 42.7 Å². The number of benzene rings is 1. The van der Waals surface area contributed by atoms with E-state index in [2.05, 4.69) is 64.1 Å². The van der Waals surface area contributed by atoms with Crippen LogP contribution in [0.3, 0.4) is 0 Å². The molecule has 2 rings (SSSR count). The Hall–Kier alpha value is -1.14. The Morgan fingerprint density at radius 1 is 1.25 bits per heavy atom. The molecule has 1 aromatic carbocycles. The maximum atomic E-state index is 5.28. The van der Waals surface area contributed by atoms with Gasteiger partial charge in [-0.25, -0.2) is 0 Å². The molecule has 1 unspecified atom stereocenters. The molecule has 0 spiro atoms. The van der Waals surface area contributed by atoms with Crippen molar-refractivity contribution in [2.75, 3.05) is 13.7 Å². The summed E-state index contributed by atoms with van der Waals surface area (Å²) in [5.74, 6) is 0.788. The summed E-state index contributed by atoms with van der Waals surface area (Å²) in [6.45, 7) is 3.13. The summed E-state index contributed by atoms with van der Waals surface area (Å²) in [5.41, 5.74) is 2.38. The Kier molecular flexibility index (Phi) is 5.79. The molecule has 106 valence electrons. The van der Waals surface area contributed by atoms with Crippen molar-refractivity contribution in [3.05, 3.63) is 57.4 Å². The number of ether oxygens (including phenoxy) is 1. The highest BCUT2D eigenvalue weighted by Gasteiger charge is 2.14. The number of hydrogen-bond acceptors (Lipinski definition) is 3. The van der Waals surface area contributed by atoms with Crippen molar-refractivity contribution >= 4 is 22.6 Å². The quantitative estimate of drug-likeness (QED) is 0.773. The molecule has 4 heteroatoms. The minimum atomic E-state index is 0.146. The molecule has 0 aliphatic carbocycles. The summed E-state index contributed by atoms with van der Waals surface area (Å²) >= 11 is 2.34. The van der Waals surface area contributed by atoms with Crippen molar-refractivity contribution in [2.24, 2.45) is 0 Å². The molecule has 0 aliphatic rings. The van der Waals surface area contributed by atoms with Crippen molar-refractivity contribution in [1.29, 1.82) is 0 Å². The molecular formula is C16H19IN2O. The van der Waals surface area contributed by atoms with Gasteiger partial charge in [0.2, 0.25) is 0 Å². The third-order valence-corrected chi connectivity index (χ3v) is 3.75. The van der Waals surface area contributed by atoms with Crippen LogP contribution in [0.2, 0.25) is 0 Å². The van der Waals surface area contributed by atoms with Crippen LogP contribution >= 0.6 is 22.6 Å². The third kappa shape index (κ3) is 3.93. The Balaban J connectivity index is 2.35. The topological polar surface area (TPSA) is 34.2 Å². The number of rotatable bonds is 6. The Bertz CT molecular complexity index is 560. The number of hydrogen-bond donors (Lipinski definition) is 1. The molecule has 3 nitrogen and oxygen atoms in total. The van der Waals surface area contributed by atoms with Crippen LogP contribution in [0.4, 0.5) is 0 Å². The smallest absolute Gasteiger partial charge is 0.137 e. The average Bonchev–Trinajstić information content (AvgIpc) is 2.48. The molecule has 1 atom stereocenters. The first-order valence-corrected chi connectivity index (χ1v) is 7.80. The zero-order valence-corrected chi connectivity index (χ0v) is 13.9. The van der Waals surface area contributed by atoms with Gasteiger partial charge in [-0.3, -0.25) is 4.98 Å². The Morgan fingerprint density at radius 3 is 2.80 bits per heavy atom. The molecular weight excluding hydrogens is 363 g/mol. The van der Waals surface area contributed by atoms with E-state index in [9.17, 15) is 0 Å². The lowest BCUT2D eigenvalue weighted by atomic mass is 10.00. The molecule has 0 radical (unpaired) electrons. The summed E-state index contributed by atoms with van der Waals surface area (Å²) in [7, 11) is 1.67. The summed E-state index contributed by atoms with van der Waals surface area (Å²) in [6, 6.07) is 10.7. The molecule has 20 heavy (non-hydrogen) atoms. The van der Waals surface area contributed by atoms with Gasteiger partial charge in [0.05, 0.1) is 19.3 Å². The van der Waals surface area contributed by atoms with Crippen LogP contribution in [0.1, 0.15) is 30.5 Å². The van der Waals surface area contributed by atoms with Crippen LogP contribution in [0, 0.1) is 3.57 Å². The number of nitrogens with one attached hydrogen (secondary N) is 1. The molecule has 2 aromatic rings. The Labute approximate surface area is 133 Å². The second kappa shape index (κ2) is 7.59. The van der Waals surface area contributed by atoms with Crippen molar-refractivity contribution in [2.45, 2.75) is 19.4 Å². The summed E-state index contributed by atoms with van der Waals surface area (Å²) in [5, 5.41) is 3.58. The molecule has 0 saturated heterocycles. The third-order valence-electron chi connectivity index (χ3n) is 3.08. The van der Waals surface area contributed by atoms with Gasteiger partial charge in [-0.05, 0) is 64.9 Å². The van der Waals surface area contributed by atoms with Crippen molar-refractivity contribution < 1.29 is 4.74 Å². The van der Waals surface area contributed by atoms with E-state index in [1.54, 1.807) is 13.3 Å². The van der Waals surface area contributed by atoms with Gasteiger partial charge in [-0.2, -0.15) is 0 Å². The summed E-state index contributed by atoms with van der Waals surface area (Å²) < 4.78 is 6.51. The zero-order valence-electron chi connectivity index (χ0n) is 11.8. The molecule has 1 N–H and O–H groups in total. The number of methoxy groups -OCH3 is 1. The van der Waals surface area contributed by atoms with E-state index in [1.165, 1.54) is 9.13 Å². The van der Waals surface area contributed by atoms with Crippen LogP contribution in [0.25, 0.3) is 0 Å². The highest BCUT2D eigenvalue weighted by atomic mass is 127. The van der Waals surface area contributed by atoms with Crippen molar-refractivity contribution in [3.63, 3.8) is 0 Å². The van der Waals surface area contributed by atoms with Gasteiger partial charge < -0.3 is 10.1 Å². The Morgan fingerprint density at radius 2 is 2.10 bits per heavy atom. The zero-order chi connectivity index (χ0) is 14.4. The minimum Gasteiger partial charge on any atom is -0.495 e. The van der Waals surface area contributed by atoms with Crippen molar-refractivity contribution in [1.82, 2.24) is 10.3 Å². The molecule has 0 saturated carbocycles. The normalized spacial score (nSPS) is 12.2. The molecule has 0 aliphatic heterocycles. The number of nitrogens with zero attached hydrogens (tertiary/aromatic N) is 1. The second-order valence-corrected chi connectivity index (χ2v) is 5.85. The lowest BCUT2D eigenvalue weighted by molar-refractivity contribution is 0.411. The van der Waals surface area contributed by atoms with E-state index in [-0.39, 0.29) is 6.04 Å². The fourth-order valence-corrected chi connectivity index (χ4v) is 2.68. The lowest BCUT2D eigenvalue weighted by Crippen LogP contribution is -2.23. The van der Waals surface area contributed by atoms with E-state index >= 15 is 0 Å². The summed E-state index contributed by atoms with van der Waals surface area (Å²) in [4.78, 5) is 4.27. The maximum absolute atomic E-state index is 5.28. The second-order valence-electron chi connectivity index (χ2n) is 4.60. The van der Waals surface area contributed by atoms with Crippen LogP contribution in [-0.4, -0.2) is 18.6 Å². The SMILES string of the molecule is CCCNC(c1cccc(I)c1)c1cncc(OC)c1. The number of halogens is 1. The van der Waals surface area contributed by atoms with Crippen molar-refractivity contribution in [3.8, 4) is 5.75 Å². The van der Waals surface area contributed by atoms with Gasteiger partial charge >= 0.3 is 0 Å². The molecule has 0 amide bonds. The van der Waals surface area contributed by atoms with Gasteiger partial charge in [-0.15, -0.1) is 0 Å². The first kappa shape index (κ1) is 15.3. The monoisotopic (exact) mass is 382 g/mol. The first-order valence-electron chi connectivity index (χ1n) is 6.72. The fraction of sp³-hybridized carbons (Fsp3) is 0.312. The van der Waals surface area contributed by atoms with Crippen LogP contribution in [-0.2, 0) is 0 Å². The van der Waals surface area contributed by atoms with Gasteiger partial charge in [0.15, 0.2) is 0 Å². The van der Waals surface area contributed by atoms with Gasteiger partial charge in [0.1, 0.15) is 5.75 Å².